The molecule has 0 aliphatic rings. The molecule has 0 fully saturated rings. The summed E-state index contributed by atoms with van der Waals surface area (Å²) in [6, 6.07) is 0. The topological polar surface area (TPSA) is 40.5 Å². The van der Waals surface area contributed by atoms with Crippen molar-refractivity contribution in [2.24, 2.45) is 0 Å². The van der Waals surface area contributed by atoms with Crippen LogP contribution in [0.5, 0.6) is 0 Å². The van der Waals surface area contributed by atoms with Gasteiger partial charge in [-0.25, -0.2) is 0 Å². The molecule has 0 aromatic heterocycles. The fourth-order valence-corrected chi connectivity index (χ4v) is 1.19. The Morgan fingerprint density at radius 1 is 0.812 bits per heavy atom. The van der Waals surface area contributed by atoms with E-state index in [1.807, 2.05) is 0 Å². The highest BCUT2D eigenvalue weighted by Gasteiger charge is 1.92. The Morgan fingerprint density at radius 2 is 1.19 bits per heavy atom. The lowest BCUT2D eigenvalue weighted by Crippen LogP contribution is -1.97. The summed E-state index contributed by atoms with van der Waals surface area (Å²) in [7, 11) is 0. The van der Waals surface area contributed by atoms with Crippen molar-refractivity contribution in [3.8, 4) is 23.7 Å². The lowest BCUT2D eigenvalue weighted by Gasteiger charge is -1.98. The molecule has 0 aliphatic heterocycles. The van der Waals surface area contributed by atoms with Crippen LogP contribution in [0.1, 0.15) is 52.4 Å². The number of unbranched alkanes of at least 4 members (excludes halogenated alkanes) is 2. The monoisotopic (exact) mass is 222 g/mol. The number of hydrogen-bond donors (Lipinski definition) is 2. The quantitative estimate of drug-likeness (QED) is 0.533. The second kappa shape index (κ2) is 10.6. The molecule has 2 atom stereocenters. The minimum Gasteiger partial charge on any atom is -0.393 e. The van der Waals surface area contributed by atoms with Gasteiger partial charge in [0.1, 0.15) is 0 Å². The summed E-state index contributed by atoms with van der Waals surface area (Å²) in [5, 5.41) is 18.0. The molecule has 0 saturated carbocycles. The molecule has 0 bridgehead atoms. The summed E-state index contributed by atoms with van der Waals surface area (Å²) in [5.41, 5.74) is 0. The standard InChI is InChI=1S/C14H22O2/c1-13(15)11-9-7-5-3-4-6-8-10-12-14(2)16/h13-16H,7-12H2,1-2H3/t13-,14+. The Kier molecular flexibility index (Phi) is 9.92. The molecule has 0 aliphatic carbocycles. The molecular formula is C14H22O2. The molecule has 0 amide bonds. The van der Waals surface area contributed by atoms with Gasteiger partial charge in [-0.2, -0.15) is 0 Å². The van der Waals surface area contributed by atoms with Gasteiger partial charge in [0.2, 0.25) is 0 Å². The number of rotatable bonds is 6. The summed E-state index contributed by atoms with van der Waals surface area (Å²) >= 11 is 0. The van der Waals surface area contributed by atoms with Crippen molar-refractivity contribution >= 4 is 0 Å². The summed E-state index contributed by atoms with van der Waals surface area (Å²) in [5.74, 6) is 11.5. The molecule has 2 nitrogen and oxygen atoms in total. The van der Waals surface area contributed by atoms with Crippen LogP contribution < -0.4 is 0 Å². The van der Waals surface area contributed by atoms with Crippen LogP contribution in [0.4, 0.5) is 0 Å². The highest BCUT2D eigenvalue weighted by Crippen LogP contribution is 1.99. The van der Waals surface area contributed by atoms with E-state index in [4.69, 9.17) is 10.2 Å². The van der Waals surface area contributed by atoms with Gasteiger partial charge >= 0.3 is 0 Å². The van der Waals surface area contributed by atoms with Gasteiger partial charge in [0.25, 0.3) is 0 Å². The van der Waals surface area contributed by atoms with Crippen molar-refractivity contribution in [2.45, 2.75) is 64.6 Å². The highest BCUT2D eigenvalue weighted by molar-refractivity contribution is 5.25. The van der Waals surface area contributed by atoms with E-state index in [-0.39, 0.29) is 12.2 Å². The smallest absolute Gasteiger partial charge is 0.0512 e. The van der Waals surface area contributed by atoms with Crippen LogP contribution in [0.3, 0.4) is 0 Å². The van der Waals surface area contributed by atoms with Crippen molar-refractivity contribution < 1.29 is 10.2 Å². The van der Waals surface area contributed by atoms with Crippen LogP contribution in [-0.4, -0.2) is 22.4 Å². The van der Waals surface area contributed by atoms with Crippen LogP contribution in [0, 0.1) is 23.7 Å². The first-order chi connectivity index (χ1) is 7.63. The molecule has 0 unspecified atom stereocenters. The zero-order valence-corrected chi connectivity index (χ0v) is 10.3. The van der Waals surface area contributed by atoms with Crippen LogP contribution in [0.2, 0.25) is 0 Å². The molecule has 0 spiro atoms. The number of aliphatic hydroxyl groups is 2. The van der Waals surface area contributed by atoms with Crippen molar-refractivity contribution in [1.82, 2.24) is 0 Å². The van der Waals surface area contributed by atoms with Crippen LogP contribution >= 0.6 is 0 Å². The summed E-state index contributed by atoms with van der Waals surface area (Å²) in [6.07, 6.45) is 4.60. The van der Waals surface area contributed by atoms with Gasteiger partial charge in [-0.15, -0.1) is 0 Å². The Bertz CT molecular complexity index is 241. The van der Waals surface area contributed by atoms with Gasteiger partial charge in [-0.05, 0) is 51.4 Å². The van der Waals surface area contributed by atoms with E-state index < -0.39 is 0 Å². The lowest BCUT2D eigenvalue weighted by atomic mass is 10.2. The summed E-state index contributed by atoms with van der Waals surface area (Å²) in [6.45, 7) is 3.57. The molecule has 0 rings (SSSR count). The maximum absolute atomic E-state index is 9.00. The molecular weight excluding hydrogens is 200 g/mol. The molecule has 0 heterocycles. The fourth-order valence-electron chi connectivity index (χ4n) is 1.19. The van der Waals surface area contributed by atoms with E-state index in [1.165, 1.54) is 0 Å². The molecule has 2 heteroatoms. The third kappa shape index (κ3) is 13.0. The summed E-state index contributed by atoms with van der Waals surface area (Å²) < 4.78 is 0. The van der Waals surface area contributed by atoms with Crippen molar-refractivity contribution in [2.75, 3.05) is 0 Å². The van der Waals surface area contributed by atoms with E-state index in [9.17, 15) is 0 Å². The van der Waals surface area contributed by atoms with Crippen LogP contribution in [-0.2, 0) is 0 Å². The Labute approximate surface area is 99.1 Å². The molecule has 0 saturated heterocycles. The predicted octanol–water partition coefficient (Wildman–Crippen LogP) is 2.10. The SMILES string of the molecule is C[C@H](O)CCCC#CC#CCCC[C@@H](C)O. The summed E-state index contributed by atoms with van der Waals surface area (Å²) in [4.78, 5) is 0. The number of aliphatic hydroxyl groups excluding tert-OH is 2. The van der Waals surface area contributed by atoms with Gasteiger partial charge < -0.3 is 10.2 Å². The zero-order valence-electron chi connectivity index (χ0n) is 10.3. The first-order valence-electron chi connectivity index (χ1n) is 5.94. The van der Waals surface area contributed by atoms with Crippen molar-refractivity contribution in [3.63, 3.8) is 0 Å². The minimum absolute atomic E-state index is 0.228. The fraction of sp³-hybridized carbons (Fsp3) is 0.714. The number of hydrogen-bond acceptors (Lipinski definition) is 2. The van der Waals surface area contributed by atoms with Crippen LogP contribution in [0.15, 0.2) is 0 Å². The Morgan fingerprint density at radius 3 is 1.50 bits per heavy atom. The van der Waals surface area contributed by atoms with Gasteiger partial charge in [0, 0.05) is 12.8 Å². The average Bonchev–Trinajstić information content (AvgIpc) is 2.20. The Hall–Kier alpha value is -0.960. The molecule has 0 aromatic rings. The van der Waals surface area contributed by atoms with Crippen LogP contribution in [0.25, 0.3) is 0 Å². The third-order valence-corrected chi connectivity index (χ3v) is 2.09. The third-order valence-electron chi connectivity index (χ3n) is 2.09. The van der Waals surface area contributed by atoms with E-state index in [0.717, 1.165) is 38.5 Å². The largest absolute Gasteiger partial charge is 0.393 e. The second-order valence-electron chi connectivity index (χ2n) is 4.09. The molecule has 0 aromatic carbocycles. The first kappa shape index (κ1) is 15.0. The van der Waals surface area contributed by atoms with E-state index >= 15 is 0 Å². The first-order valence-corrected chi connectivity index (χ1v) is 5.94. The molecule has 16 heavy (non-hydrogen) atoms. The zero-order chi connectivity index (χ0) is 12.2. The molecule has 2 N–H and O–H groups in total. The maximum atomic E-state index is 9.00. The van der Waals surface area contributed by atoms with E-state index in [2.05, 4.69) is 23.7 Å². The van der Waals surface area contributed by atoms with Crippen molar-refractivity contribution in [3.05, 3.63) is 0 Å². The predicted molar refractivity (Wildman–Crippen MR) is 66.6 cm³/mol. The highest BCUT2D eigenvalue weighted by atomic mass is 16.3. The Balaban J connectivity index is 3.41. The van der Waals surface area contributed by atoms with Gasteiger partial charge in [-0.1, -0.05) is 11.8 Å². The lowest BCUT2D eigenvalue weighted by molar-refractivity contribution is 0.182. The molecule has 90 valence electrons. The van der Waals surface area contributed by atoms with E-state index in [0.29, 0.717) is 0 Å². The van der Waals surface area contributed by atoms with Crippen molar-refractivity contribution in [1.29, 1.82) is 0 Å². The maximum Gasteiger partial charge on any atom is 0.0512 e. The van der Waals surface area contributed by atoms with Gasteiger partial charge in [0.05, 0.1) is 12.2 Å². The van der Waals surface area contributed by atoms with Gasteiger partial charge in [-0.3, -0.25) is 0 Å². The average molecular weight is 222 g/mol. The minimum atomic E-state index is -0.228. The molecule has 0 radical (unpaired) electrons. The van der Waals surface area contributed by atoms with Gasteiger partial charge in [0.15, 0.2) is 0 Å². The second-order valence-corrected chi connectivity index (χ2v) is 4.09. The normalized spacial score (nSPS) is 13.0. The van der Waals surface area contributed by atoms with E-state index in [1.54, 1.807) is 13.8 Å².